The molecule has 0 aliphatic carbocycles. The first-order chi connectivity index (χ1) is 16.1. The quantitative estimate of drug-likeness (QED) is 0.376. The fourth-order valence-electron chi connectivity index (χ4n) is 3.23. The molecule has 1 amide bonds. The summed E-state index contributed by atoms with van der Waals surface area (Å²) >= 11 is 6.44. The number of methoxy groups -OCH3 is 2. The molecule has 0 aliphatic heterocycles. The highest BCUT2D eigenvalue weighted by Crippen LogP contribution is 2.28. The average Bonchev–Trinajstić information content (AvgIpc) is 2.88. The second-order valence-corrected chi connectivity index (χ2v) is 7.32. The summed E-state index contributed by atoms with van der Waals surface area (Å²) in [5.41, 5.74) is 3.40. The standard InChI is InChI=1S/C24H20ClN5O3/c1-32-21-9-8-18(29-23(21)33-2)15-30(25)24(31)19-12-17(16-6-5-10-26-13-16)14-28-22(19)20-7-3-4-11-27-20/h3-14H,15H2,1-2H3. The molecule has 4 aromatic rings. The van der Waals surface area contributed by atoms with E-state index in [1.54, 1.807) is 55.1 Å². The van der Waals surface area contributed by atoms with Crippen molar-refractivity contribution in [2.75, 3.05) is 14.2 Å². The van der Waals surface area contributed by atoms with E-state index < -0.39 is 5.91 Å². The van der Waals surface area contributed by atoms with E-state index in [9.17, 15) is 4.79 Å². The fourth-order valence-corrected chi connectivity index (χ4v) is 3.44. The van der Waals surface area contributed by atoms with Gasteiger partial charge in [-0.05, 0) is 36.4 Å². The van der Waals surface area contributed by atoms with Crippen LogP contribution in [-0.2, 0) is 6.54 Å². The Morgan fingerprint density at radius 1 is 0.970 bits per heavy atom. The molecule has 0 saturated carbocycles. The lowest BCUT2D eigenvalue weighted by molar-refractivity contribution is 0.0856. The predicted molar refractivity (Wildman–Crippen MR) is 124 cm³/mol. The highest BCUT2D eigenvalue weighted by Gasteiger charge is 2.22. The first-order valence-electron chi connectivity index (χ1n) is 9.98. The molecule has 33 heavy (non-hydrogen) atoms. The topological polar surface area (TPSA) is 90.3 Å². The van der Waals surface area contributed by atoms with Gasteiger partial charge in [-0.2, -0.15) is 0 Å². The van der Waals surface area contributed by atoms with Gasteiger partial charge in [0, 0.05) is 47.7 Å². The van der Waals surface area contributed by atoms with Crippen LogP contribution in [0, 0.1) is 0 Å². The van der Waals surface area contributed by atoms with Crippen molar-refractivity contribution in [3.8, 4) is 34.1 Å². The molecule has 0 saturated heterocycles. The number of nitrogens with zero attached hydrogens (tertiary/aromatic N) is 5. The Morgan fingerprint density at radius 3 is 2.55 bits per heavy atom. The van der Waals surface area contributed by atoms with Gasteiger partial charge in [-0.25, -0.2) is 9.40 Å². The smallest absolute Gasteiger partial charge is 0.270 e. The first-order valence-corrected chi connectivity index (χ1v) is 10.3. The monoisotopic (exact) mass is 461 g/mol. The molecule has 4 aromatic heterocycles. The number of amides is 1. The molecule has 166 valence electrons. The van der Waals surface area contributed by atoms with Crippen LogP contribution in [0.15, 0.2) is 73.3 Å². The average molecular weight is 462 g/mol. The number of rotatable bonds is 7. The highest BCUT2D eigenvalue weighted by atomic mass is 35.5. The maximum Gasteiger partial charge on any atom is 0.270 e. The second kappa shape index (κ2) is 10.1. The summed E-state index contributed by atoms with van der Waals surface area (Å²) in [5, 5.41) is 0. The molecule has 0 spiro atoms. The van der Waals surface area contributed by atoms with Gasteiger partial charge < -0.3 is 9.47 Å². The molecule has 0 fully saturated rings. The number of pyridine rings is 4. The van der Waals surface area contributed by atoms with Crippen LogP contribution in [0.3, 0.4) is 0 Å². The minimum Gasteiger partial charge on any atom is -0.491 e. The number of carbonyl (C=O) groups is 1. The lowest BCUT2D eigenvalue weighted by Gasteiger charge is -2.17. The Bertz CT molecular complexity index is 1260. The molecule has 0 unspecified atom stereocenters. The molecule has 0 bridgehead atoms. The second-order valence-electron chi connectivity index (χ2n) is 6.92. The van der Waals surface area contributed by atoms with E-state index in [0.29, 0.717) is 34.3 Å². The van der Waals surface area contributed by atoms with Gasteiger partial charge in [0.25, 0.3) is 11.8 Å². The third-order valence-electron chi connectivity index (χ3n) is 4.84. The lowest BCUT2D eigenvalue weighted by atomic mass is 10.0. The molecule has 0 radical (unpaired) electrons. The van der Waals surface area contributed by atoms with Crippen LogP contribution in [0.2, 0.25) is 0 Å². The van der Waals surface area contributed by atoms with Crippen molar-refractivity contribution in [3.05, 3.63) is 84.6 Å². The Morgan fingerprint density at radius 2 is 1.85 bits per heavy atom. The van der Waals surface area contributed by atoms with Crippen molar-refractivity contribution in [1.82, 2.24) is 24.4 Å². The zero-order chi connectivity index (χ0) is 23.2. The molecular weight excluding hydrogens is 442 g/mol. The minimum atomic E-state index is -0.438. The third kappa shape index (κ3) is 4.91. The molecule has 4 rings (SSSR count). The van der Waals surface area contributed by atoms with Gasteiger partial charge in [-0.15, -0.1) is 0 Å². The van der Waals surface area contributed by atoms with Gasteiger partial charge in [-0.1, -0.05) is 12.1 Å². The van der Waals surface area contributed by atoms with Crippen molar-refractivity contribution >= 4 is 17.7 Å². The minimum absolute atomic E-state index is 0.0412. The zero-order valence-corrected chi connectivity index (χ0v) is 18.7. The van der Waals surface area contributed by atoms with E-state index in [-0.39, 0.29) is 6.54 Å². The normalized spacial score (nSPS) is 10.5. The number of ether oxygens (including phenoxy) is 2. The number of halogens is 1. The van der Waals surface area contributed by atoms with Gasteiger partial charge in [0.2, 0.25) is 0 Å². The van der Waals surface area contributed by atoms with E-state index in [1.807, 2.05) is 18.2 Å². The summed E-state index contributed by atoms with van der Waals surface area (Å²) in [5.74, 6) is 0.355. The van der Waals surface area contributed by atoms with Gasteiger partial charge in [-0.3, -0.25) is 19.7 Å². The van der Waals surface area contributed by atoms with Crippen LogP contribution in [0.4, 0.5) is 0 Å². The third-order valence-corrected chi connectivity index (χ3v) is 5.11. The largest absolute Gasteiger partial charge is 0.491 e. The summed E-state index contributed by atoms with van der Waals surface area (Å²) in [6.07, 6.45) is 6.72. The molecule has 4 heterocycles. The molecule has 0 N–H and O–H groups in total. The number of carbonyl (C=O) groups excluding carboxylic acids is 1. The Balaban J connectivity index is 1.70. The Kier molecular flexibility index (Phi) is 6.75. The van der Waals surface area contributed by atoms with Crippen molar-refractivity contribution in [2.24, 2.45) is 0 Å². The molecule has 0 aromatic carbocycles. The molecule has 8 nitrogen and oxygen atoms in total. The van der Waals surface area contributed by atoms with E-state index in [2.05, 4.69) is 19.9 Å². The van der Waals surface area contributed by atoms with Crippen LogP contribution in [0.5, 0.6) is 11.6 Å². The first kappa shape index (κ1) is 22.2. The molecule has 9 heteroatoms. The van der Waals surface area contributed by atoms with Gasteiger partial charge in [0.1, 0.15) is 5.69 Å². The zero-order valence-electron chi connectivity index (χ0n) is 18.0. The van der Waals surface area contributed by atoms with Gasteiger partial charge in [0.15, 0.2) is 5.75 Å². The van der Waals surface area contributed by atoms with Crippen molar-refractivity contribution < 1.29 is 14.3 Å². The van der Waals surface area contributed by atoms with Crippen molar-refractivity contribution in [1.29, 1.82) is 0 Å². The van der Waals surface area contributed by atoms with Gasteiger partial charge >= 0.3 is 0 Å². The van der Waals surface area contributed by atoms with Crippen LogP contribution >= 0.6 is 11.8 Å². The van der Waals surface area contributed by atoms with E-state index >= 15 is 0 Å². The summed E-state index contributed by atoms with van der Waals surface area (Å²) in [6.45, 7) is 0.0412. The van der Waals surface area contributed by atoms with E-state index in [0.717, 1.165) is 15.5 Å². The van der Waals surface area contributed by atoms with Crippen molar-refractivity contribution in [3.63, 3.8) is 0 Å². The predicted octanol–water partition coefficient (Wildman–Crippen LogP) is 4.41. The maximum absolute atomic E-state index is 13.4. The van der Waals surface area contributed by atoms with Crippen molar-refractivity contribution in [2.45, 2.75) is 6.54 Å². The van der Waals surface area contributed by atoms with E-state index in [4.69, 9.17) is 21.3 Å². The molecule has 0 aliphatic rings. The van der Waals surface area contributed by atoms with Gasteiger partial charge in [0.05, 0.1) is 37.7 Å². The summed E-state index contributed by atoms with van der Waals surface area (Å²) < 4.78 is 11.5. The summed E-state index contributed by atoms with van der Waals surface area (Å²) in [7, 11) is 3.02. The highest BCUT2D eigenvalue weighted by molar-refractivity contribution is 6.24. The molecule has 0 atom stereocenters. The fraction of sp³-hybridized carbons (Fsp3) is 0.125. The maximum atomic E-state index is 13.4. The van der Waals surface area contributed by atoms with E-state index in [1.165, 1.54) is 14.2 Å². The van der Waals surface area contributed by atoms with Crippen LogP contribution < -0.4 is 9.47 Å². The number of hydrogen-bond acceptors (Lipinski definition) is 7. The SMILES string of the molecule is COc1ccc(CN(Cl)C(=O)c2cc(-c3cccnc3)cnc2-c2ccccn2)nc1OC. The van der Waals surface area contributed by atoms with Crippen LogP contribution in [0.1, 0.15) is 16.1 Å². The van der Waals surface area contributed by atoms with Crippen LogP contribution in [0.25, 0.3) is 22.5 Å². The molecular formula is C24H20ClN5O3. The Hall–Kier alpha value is -4.04. The lowest BCUT2D eigenvalue weighted by Crippen LogP contribution is -2.23. The summed E-state index contributed by atoms with van der Waals surface area (Å²) in [4.78, 5) is 30.8. The van der Waals surface area contributed by atoms with Crippen LogP contribution in [-0.4, -0.2) is 44.5 Å². The number of hydrogen-bond donors (Lipinski definition) is 0. The summed E-state index contributed by atoms with van der Waals surface area (Å²) in [6, 6.07) is 14.3. The number of aromatic nitrogens is 4. The Labute approximate surface area is 196 Å².